The molecule has 0 bridgehead atoms. The highest BCUT2D eigenvalue weighted by atomic mass is 19.1. The molecular weight excluding hydrogens is 321 g/mol. The van der Waals surface area contributed by atoms with Crippen LogP contribution in [-0.4, -0.2) is 24.5 Å². The molecule has 1 heterocycles. The van der Waals surface area contributed by atoms with E-state index < -0.39 is 12.1 Å². The van der Waals surface area contributed by atoms with Crippen molar-refractivity contribution in [2.24, 2.45) is 0 Å². The van der Waals surface area contributed by atoms with Crippen molar-refractivity contribution in [2.45, 2.75) is 26.3 Å². The van der Waals surface area contributed by atoms with Crippen molar-refractivity contribution in [1.82, 2.24) is 5.32 Å². The molecule has 0 saturated carbocycles. The Morgan fingerprint density at radius 1 is 1.16 bits per heavy atom. The van der Waals surface area contributed by atoms with Gasteiger partial charge < -0.3 is 15.5 Å². The Labute approximate surface area is 145 Å². The molecule has 2 aromatic carbocycles. The topological polar surface area (TPSA) is 61.4 Å². The van der Waals surface area contributed by atoms with E-state index in [-0.39, 0.29) is 11.7 Å². The van der Waals surface area contributed by atoms with Crippen LogP contribution in [0.5, 0.6) is 0 Å². The van der Waals surface area contributed by atoms with E-state index in [0.717, 1.165) is 5.56 Å². The van der Waals surface area contributed by atoms with Crippen LogP contribution in [0.3, 0.4) is 0 Å². The van der Waals surface area contributed by atoms with E-state index in [2.05, 4.69) is 10.6 Å². The maximum absolute atomic E-state index is 13.4. The molecule has 0 aliphatic carbocycles. The van der Waals surface area contributed by atoms with E-state index in [0.29, 0.717) is 29.9 Å². The van der Waals surface area contributed by atoms with Crippen LogP contribution in [0.1, 0.15) is 17.5 Å². The van der Waals surface area contributed by atoms with Crippen molar-refractivity contribution < 1.29 is 14.0 Å². The summed E-state index contributed by atoms with van der Waals surface area (Å²) in [6.07, 6.45) is 0.510. The molecule has 2 aromatic rings. The number of nitrogens with zero attached hydrogens (tertiary/aromatic N) is 1. The van der Waals surface area contributed by atoms with Gasteiger partial charge in [-0.05, 0) is 55.7 Å². The zero-order valence-corrected chi connectivity index (χ0v) is 14.2. The fraction of sp³-hybridized carbons (Fsp3) is 0.263. The monoisotopic (exact) mass is 341 g/mol. The van der Waals surface area contributed by atoms with Crippen LogP contribution in [0.15, 0.2) is 42.5 Å². The first kappa shape index (κ1) is 17.0. The molecule has 0 radical (unpaired) electrons. The first-order valence-electron chi connectivity index (χ1n) is 8.16. The maximum atomic E-state index is 13.4. The summed E-state index contributed by atoms with van der Waals surface area (Å²) in [6, 6.07) is 11.0. The molecule has 1 atom stereocenters. The van der Waals surface area contributed by atoms with Gasteiger partial charge in [0.15, 0.2) is 0 Å². The number of aryl methyl sites for hydroxylation is 2. The van der Waals surface area contributed by atoms with Gasteiger partial charge in [-0.3, -0.25) is 4.79 Å². The molecule has 6 heteroatoms. The van der Waals surface area contributed by atoms with E-state index in [1.54, 1.807) is 30.0 Å². The van der Waals surface area contributed by atoms with Crippen LogP contribution in [0.2, 0.25) is 0 Å². The molecule has 0 spiro atoms. The second kappa shape index (κ2) is 6.93. The lowest BCUT2D eigenvalue weighted by Crippen LogP contribution is -2.43. The van der Waals surface area contributed by atoms with E-state index in [9.17, 15) is 14.0 Å². The van der Waals surface area contributed by atoms with Gasteiger partial charge in [0.05, 0.1) is 0 Å². The molecule has 3 amide bonds. The number of para-hydroxylation sites is 1. The third-order valence-electron chi connectivity index (χ3n) is 4.36. The molecule has 1 saturated heterocycles. The molecule has 1 unspecified atom stereocenters. The molecule has 1 fully saturated rings. The highest BCUT2D eigenvalue weighted by Gasteiger charge is 2.33. The Morgan fingerprint density at radius 3 is 2.64 bits per heavy atom. The van der Waals surface area contributed by atoms with Crippen molar-refractivity contribution in [3.05, 3.63) is 59.4 Å². The highest BCUT2D eigenvalue weighted by Crippen LogP contribution is 2.24. The Morgan fingerprint density at radius 2 is 1.92 bits per heavy atom. The molecule has 1 aliphatic rings. The summed E-state index contributed by atoms with van der Waals surface area (Å²) in [5.74, 6) is -0.492. The van der Waals surface area contributed by atoms with Gasteiger partial charge in [0.2, 0.25) is 5.91 Å². The van der Waals surface area contributed by atoms with Crippen LogP contribution in [-0.2, 0) is 4.79 Å². The number of nitrogens with one attached hydrogen (secondary N) is 2. The van der Waals surface area contributed by atoms with Gasteiger partial charge in [-0.25, -0.2) is 9.18 Å². The van der Waals surface area contributed by atoms with E-state index in [1.165, 1.54) is 6.07 Å². The normalized spacial score (nSPS) is 16.8. The maximum Gasteiger partial charge on any atom is 0.319 e. The summed E-state index contributed by atoms with van der Waals surface area (Å²) in [6.45, 7) is 4.04. The molecule has 25 heavy (non-hydrogen) atoms. The highest BCUT2D eigenvalue weighted by molar-refractivity contribution is 6.02. The first-order chi connectivity index (χ1) is 12.0. The lowest BCUT2D eigenvalue weighted by Gasteiger charge is -2.18. The number of carbonyl (C=O) groups excluding carboxylic acids is 2. The standard InChI is InChI=1S/C19H20FN3O2/c1-12-5-3-4-6-16(12)21-19(25)22-17-9-10-23(18(17)24)14-7-8-15(20)13(2)11-14/h3-8,11,17H,9-10H2,1-2H3,(H2,21,22,25). The fourth-order valence-corrected chi connectivity index (χ4v) is 2.90. The fourth-order valence-electron chi connectivity index (χ4n) is 2.90. The predicted octanol–water partition coefficient (Wildman–Crippen LogP) is 3.37. The summed E-state index contributed by atoms with van der Waals surface area (Å²) < 4.78 is 13.4. The van der Waals surface area contributed by atoms with E-state index in [4.69, 9.17) is 0 Å². The Kier molecular flexibility index (Phi) is 4.70. The minimum Gasteiger partial charge on any atom is -0.326 e. The van der Waals surface area contributed by atoms with Gasteiger partial charge in [0.25, 0.3) is 0 Å². The second-order valence-electron chi connectivity index (χ2n) is 6.18. The molecule has 130 valence electrons. The average Bonchev–Trinajstić information content (AvgIpc) is 2.93. The molecule has 2 N–H and O–H groups in total. The summed E-state index contributed by atoms with van der Waals surface area (Å²) in [4.78, 5) is 26.3. The number of urea groups is 1. The molecular formula is C19H20FN3O2. The van der Waals surface area contributed by atoms with Gasteiger partial charge in [0, 0.05) is 17.9 Å². The van der Waals surface area contributed by atoms with Crippen LogP contribution in [0.25, 0.3) is 0 Å². The first-order valence-corrected chi connectivity index (χ1v) is 8.16. The van der Waals surface area contributed by atoms with Crippen LogP contribution in [0.4, 0.5) is 20.6 Å². The third-order valence-corrected chi connectivity index (χ3v) is 4.36. The number of anilines is 2. The zero-order chi connectivity index (χ0) is 18.0. The van der Waals surface area contributed by atoms with Crippen LogP contribution in [0, 0.1) is 19.7 Å². The zero-order valence-electron chi connectivity index (χ0n) is 14.2. The van der Waals surface area contributed by atoms with Crippen molar-refractivity contribution in [1.29, 1.82) is 0 Å². The minimum atomic E-state index is -0.589. The minimum absolute atomic E-state index is 0.189. The SMILES string of the molecule is Cc1cc(N2CCC(NC(=O)Nc3ccccc3C)C2=O)ccc1F. The number of benzene rings is 2. The summed E-state index contributed by atoms with van der Waals surface area (Å²) in [7, 11) is 0. The summed E-state index contributed by atoms with van der Waals surface area (Å²) >= 11 is 0. The molecule has 0 aromatic heterocycles. The van der Waals surface area contributed by atoms with Gasteiger partial charge in [-0.15, -0.1) is 0 Å². The smallest absolute Gasteiger partial charge is 0.319 e. The van der Waals surface area contributed by atoms with Gasteiger partial charge in [-0.2, -0.15) is 0 Å². The lowest BCUT2D eigenvalue weighted by molar-refractivity contribution is -0.118. The van der Waals surface area contributed by atoms with Crippen molar-refractivity contribution >= 4 is 23.3 Å². The van der Waals surface area contributed by atoms with E-state index in [1.807, 2.05) is 25.1 Å². The van der Waals surface area contributed by atoms with Crippen LogP contribution < -0.4 is 15.5 Å². The summed E-state index contributed by atoms with van der Waals surface area (Å²) in [5.41, 5.74) is 2.78. The Hall–Kier alpha value is -2.89. The van der Waals surface area contributed by atoms with Crippen molar-refractivity contribution in [3.63, 3.8) is 0 Å². The molecule has 1 aliphatic heterocycles. The average molecular weight is 341 g/mol. The quantitative estimate of drug-likeness (QED) is 0.899. The number of amides is 3. The largest absolute Gasteiger partial charge is 0.326 e. The number of carbonyl (C=O) groups is 2. The van der Waals surface area contributed by atoms with Crippen molar-refractivity contribution in [3.8, 4) is 0 Å². The molecule has 5 nitrogen and oxygen atoms in total. The third kappa shape index (κ3) is 3.63. The summed E-state index contributed by atoms with van der Waals surface area (Å²) in [5, 5.41) is 5.47. The number of rotatable bonds is 3. The van der Waals surface area contributed by atoms with E-state index >= 15 is 0 Å². The molecule has 3 rings (SSSR count). The van der Waals surface area contributed by atoms with Crippen molar-refractivity contribution in [2.75, 3.05) is 16.8 Å². The number of halogens is 1. The number of hydrogen-bond acceptors (Lipinski definition) is 2. The lowest BCUT2D eigenvalue weighted by atomic mass is 10.2. The Bertz CT molecular complexity index is 822. The van der Waals surface area contributed by atoms with Gasteiger partial charge in [0.1, 0.15) is 11.9 Å². The van der Waals surface area contributed by atoms with Crippen LogP contribution >= 0.6 is 0 Å². The second-order valence-corrected chi connectivity index (χ2v) is 6.18. The predicted molar refractivity (Wildman–Crippen MR) is 95.2 cm³/mol. The van der Waals surface area contributed by atoms with Gasteiger partial charge in [-0.1, -0.05) is 18.2 Å². The number of hydrogen-bond donors (Lipinski definition) is 2. The van der Waals surface area contributed by atoms with Gasteiger partial charge >= 0.3 is 6.03 Å². The Balaban J connectivity index is 1.65.